The van der Waals surface area contributed by atoms with Gasteiger partial charge in [0.15, 0.2) is 0 Å². The van der Waals surface area contributed by atoms with Crippen molar-refractivity contribution in [2.75, 3.05) is 0 Å². The highest BCUT2D eigenvalue weighted by atomic mass is 14.8. The summed E-state index contributed by atoms with van der Waals surface area (Å²) in [7, 11) is 0. The molecule has 8 aromatic rings. The topological polar surface area (TPSA) is 64.5 Å². The zero-order valence-corrected chi connectivity index (χ0v) is 25.5. The monoisotopic (exact) mass is 591 g/mol. The molecule has 218 valence electrons. The van der Waals surface area contributed by atoms with Crippen molar-refractivity contribution < 1.29 is 0 Å². The highest BCUT2D eigenvalue weighted by Gasteiger charge is 2.18. The Labute approximate surface area is 267 Å². The maximum atomic E-state index is 5.36. The lowest BCUT2D eigenvalue weighted by Crippen LogP contribution is -1.96. The fraction of sp³-hybridized carbons (Fsp3) is 0.0488. The molecule has 0 aliphatic carbocycles. The van der Waals surface area contributed by atoms with E-state index in [4.69, 9.17) is 9.97 Å². The molecular formula is C41H29N5. The van der Waals surface area contributed by atoms with Crippen molar-refractivity contribution in [2.24, 2.45) is 0 Å². The summed E-state index contributed by atoms with van der Waals surface area (Å²) < 4.78 is 0. The fourth-order valence-electron chi connectivity index (χ4n) is 6.13. The van der Waals surface area contributed by atoms with Gasteiger partial charge < -0.3 is 0 Å². The largest absolute Gasteiger partial charge is 0.264 e. The standard InChI is InChI=1S/C41H29N5/c1-26-17-32(24-43-21-26)36-19-38(29-7-4-3-5-8-29)45-40-34(36)14-15-35-37(33-18-27(2)22-44-25-33)20-39(46-41(35)40)30-12-10-28(11-13-30)31-9-6-16-42-23-31/h3-25H,1-2H3. The zero-order valence-electron chi connectivity index (χ0n) is 25.5. The van der Waals surface area contributed by atoms with Crippen LogP contribution in [0.25, 0.3) is 77.7 Å². The number of benzene rings is 3. The smallest absolute Gasteiger partial charge is 0.0978 e. The Morgan fingerprint density at radius 3 is 1.41 bits per heavy atom. The first-order chi connectivity index (χ1) is 22.6. The van der Waals surface area contributed by atoms with E-state index in [0.717, 1.165) is 88.8 Å². The summed E-state index contributed by atoms with van der Waals surface area (Å²) in [6.07, 6.45) is 11.3. The van der Waals surface area contributed by atoms with Gasteiger partial charge in [0, 0.05) is 70.2 Å². The summed E-state index contributed by atoms with van der Waals surface area (Å²) in [6, 6.07) is 35.9. The molecule has 8 rings (SSSR count). The molecule has 0 atom stereocenters. The van der Waals surface area contributed by atoms with Gasteiger partial charge in [-0.15, -0.1) is 0 Å². The van der Waals surface area contributed by atoms with Crippen LogP contribution in [-0.4, -0.2) is 24.9 Å². The van der Waals surface area contributed by atoms with Crippen LogP contribution in [0.15, 0.2) is 140 Å². The minimum atomic E-state index is 0.850. The van der Waals surface area contributed by atoms with Gasteiger partial charge in [0.05, 0.1) is 22.4 Å². The van der Waals surface area contributed by atoms with Crippen molar-refractivity contribution >= 4 is 21.8 Å². The molecule has 5 aromatic heterocycles. The summed E-state index contributed by atoms with van der Waals surface area (Å²) >= 11 is 0. The summed E-state index contributed by atoms with van der Waals surface area (Å²) in [5.74, 6) is 0. The Hall–Kier alpha value is -6.07. The number of rotatable bonds is 5. The van der Waals surface area contributed by atoms with Crippen molar-refractivity contribution in [3.63, 3.8) is 0 Å². The molecule has 0 bridgehead atoms. The van der Waals surface area contributed by atoms with E-state index in [1.54, 1.807) is 6.20 Å². The van der Waals surface area contributed by atoms with E-state index in [1.165, 1.54) is 0 Å². The molecule has 0 amide bonds. The number of hydrogen-bond donors (Lipinski definition) is 0. The Kier molecular flexibility index (Phi) is 6.84. The van der Waals surface area contributed by atoms with Gasteiger partial charge >= 0.3 is 0 Å². The zero-order chi connectivity index (χ0) is 31.0. The summed E-state index contributed by atoms with van der Waals surface area (Å²) in [5, 5.41) is 2.06. The van der Waals surface area contributed by atoms with Crippen molar-refractivity contribution in [1.82, 2.24) is 24.9 Å². The van der Waals surface area contributed by atoms with Crippen molar-refractivity contribution in [2.45, 2.75) is 13.8 Å². The molecular weight excluding hydrogens is 562 g/mol. The minimum Gasteiger partial charge on any atom is -0.264 e. The van der Waals surface area contributed by atoms with E-state index in [0.29, 0.717) is 0 Å². The highest BCUT2D eigenvalue weighted by Crippen LogP contribution is 2.39. The van der Waals surface area contributed by atoms with E-state index in [9.17, 15) is 0 Å². The molecule has 3 aromatic carbocycles. The number of aryl methyl sites for hydroxylation is 2. The molecule has 5 heteroatoms. The quantitative estimate of drug-likeness (QED) is 0.186. The first-order valence-electron chi connectivity index (χ1n) is 15.3. The van der Waals surface area contributed by atoms with Gasteiger partial charge in [0.2, 0.25) is 0 Å². The maximum Gasteiger partial charge on any atom is 0.0978 e. The van der Waals surface area contributed by atoms with Crippen LogP contribution in [0.4, 0.5) is 0 Å². The van der Waals surface area contributed by atoms with Crippen LogP contribution in [0.2, 0.25) is 0 Å². The van der Waals surface area contributed by atoms with Gasteiger partial charge in [0.25, 0.3) is 0 Å². The van der Waals surface area contributed by atoms with Crippen LogP contribution in [0.1, 0.15) is 11.1 Å². The van der Waals surface area contributed by atoms with Crippen molar-refractivity contribution in [3.8, 4) is 55.9 Å². The van der Waals surface area contributed by atoms with Crippen molar-refractivity contribution in [3.05, 3.63) is 151 Å². The third-order valence-corrected chi connectivity index (χ3v) is 8.38. The summed E-state index contributed by atoms with van der Waals surface area (Å²) in [4.78, 5) is 24.0. The summed E-state index contributed by atoms with van der Waals surface area (Å²) in [6.45, 7) is 4.15. The lowest BCUT2D eigenvalue weighted by atomic mass is 9.94. The van der Waals surface area contributed by atoms with Crippen LogP contribution < -0.4 is 0 Å². The van der Waals surface area contributed by atoms with Crippen LogP contribution >= 0.6 is 0 Å². The number of aromatic nitrogens is 5. The molecule has 0 unspecified atom stereocenters. The molecule has 0 N–H and O–H groups in total. The van der Waals surface area contributed by atoms with Gasteiger partial charge in [-0.25, -0.2) is 9.97 Å². The van der Waals surface area contributed by atoms with Crippen molar-refractivity contribution in [1.29, 1.82) is 0 Å². The first kappa shape index (κ1) is 27.5. The SMILES string of the molecule is Cc1cncc(-c2cc(-c3ccccc3)nc3c2ccc2c(-c4cncc(C)c4)cc(-c4ccc(-c5cccnc5)cc4)nc23)c1. The van der Waals surface area contributed by atoms with Crippen LogP contribution in [0.3, 0.4) is 0 Å². The first-order valence-corrected chi connectivity index (χ1v) is 15.3. The second kappa shape index (κ2) is 11.5. The predicted octanol–water partition coefficient (Wildman–Crippen LogP) is 9.92. The molecule has 0 spiro atoms. The van der Waals surface area contributed by atoms with Gasteiger partial charge in [-0.2, -0.15) is 0 Å². The van der Waals surface area contributed by atoms with Crippen LogP contribution in [0.5, 0.6) is 0 Å². The second-order valence-corrected chi connectivity index (χ2v) is 11.7. The molecule has 5 heterocycles. The van der Waals surface area contributed by atoms with E-state index in [-0.39, 0.29) is 0 Å². The third-order valence-electron chi connectivity index (χ3n) is 8.38. The Morgan fingerprint density at radius 2 is 0.891 bits per heavy atom. The Morgan fingerprint density at radius 1 is 0.391 bits per heavy atom. The average molecular weight is 592 g/mol. The normalized spacial score (nSPS) is 11.3. The van der Waals surface area contributed by atoms with Gasteiger partial charge in [-0.3, -0.25) is 15.0 Å². The van der Waals surface area contributed by atoms with E-state index >= 15 is 0 Å². The number of fused-ring (bicyclic) bond motifs is 3. The number of pyridine rings is 5. The summed E-state index contributed by atoms with van der Waals surface area (Å²) in [5.41, 5.74) is 14.2. The Bertz CT molecular complexity index is 2370. The molecule has 0 saturated carbocycles. The molecule has 0 saturated heterocycles. The average Bonchev–Trinajstić information content (AvgIpc) is 3.11. The molecule has 0 fully saturated rings. The molecule has 46 heavy (non-hydrogen) atoms. The predicted molar refractivity (Wildman–Crippen MR) is 187 cm³/mol. The molecule has 0 aliphatic heterocycles. The molecule has 0 radical (unpaired) electrons. The van der Waals surface area contributed by atoms with E-state index in [1.807, 2.05) is 55.2 Å². The maximum absolute atomic E-state index is 5.36. The van der Waals surface area contributed by atoms with Crippen LogP contribution in [-0.2, 0) is 0 Å². The van der Waals surface area contributed by atoms with Gasteiger partial charge in [0.1, 0.15) is 0 Å². The Balaban J connectivity index is 1.43. The third kappa shape index (κ3) is 5.08. The van der Waals surface area contributed by atoms with E-state index in [2.05, 4.69) is 108 Å². The fourth-order valence-corrected chi connectivity index (χ4v) is 6.13. The second-order valence-electron chi connectivity index (χ2n) is 11.7. The lowest BCUT2D eigenvalue weighted by molar-refractivity contribution is 1.27. The van der Waals surface area contributed by atoms with E-state index < -0.39 is 0 Å². The van der Waals surface area contributed by atoms with Gasteiger partial charge in [-0.1, -0.05) is 72.8 Å². The number of nitrogens with zero attached hydrogens (tertiary/aromatic N) is 5. The molecule has 5 nitrogen and oxygen atoms in total. The van der Waals surface area contributed by atoms with Crippen LogP contribution in [0, 0.1) is 13.8 Å². The highest BCUT2D eigenvalue weighted by molar-refractivity contribution is 6.13. The van der Waals surface area contributed by atoms with Gasteiger partial charge in [-0.05, 0) is 77.6 Å². The number of hydrogen-bond acceptors (Lipinski definition) is 5. The lowest BCUT2D eigenvalue weighted by Gasteiger charge is -2.15. The molecule has 0 aliphatic rings. The minimum absolute atomic E-state index is 0.850.